The number of Topliss-reactive ketones (excluding diaryl/α,β-unsaturated/α-hetero) is 1. The van der Waals surface area contributed by atoms with Gasteiger partial charge < -0.3 is 14.7 Å². The van der Waals surface area contributed by atoms with E-state index in [1.165, 1.54) is 26.2 Å². The van der Waals surface area contributed by atoms with Crippen LogP contribution in [0.4, 0.5) is 0 Å². The predicted molar refractivity (Wildman–Crippen MR) is 97.8 cm³/mol. The molecule has 1 heterocycles. The molecule has 138 valence electrons. The van der Waals surface area contributed by atoms with Crippen LogP contribution < -0.4 is 9.47 Å². The summed E-state index contributed by atoms with van der Waals surface area (Å²) in [5, 5.41) is 12.9. The minimum Gasteiger partial charge on any atom is -0.618 e. The maximum Gasteiger partial charge on any atom is 0.340 e. The Balaban J connectivity index is 1.98. The van der Waals surface area contributed by atoms with Gasteiger partial charge >= 0.3 is 5.97 Å². The standard InChI is InChI=1S/C19H15ClN2O5/c1-11(23)18-16(10-27-19(24)13-5-3-4-6-14(13)20)21-15-8-7-12(26-2)9-17(15)22(18)25/h3-9H,10H2,1-2H3. The number of halogens is 1. The molecular weight excluding hydrogens is 372 g/mol. The Morgan fingerprint density at radius 3 is 2.63 bits per heavy atom. The van der Waals surface area contributed by atoms with Crippen LogP contribution in [-0.4, -0.2) is 23.8 Å². The lowest BCUT2D eigenvalue weighted by Crippen LogP contribution is -2.37. The van der Waals surface area contributed by atoms with Gasteiger partial charge in [0.1, 0.15) is 17.9 Å². The summed E-state index contributed by atoms with van der Waals surface area (Å²) in [4.78, 5) is 28.5. The molecule has 0 aliphatic carbocycles. The monoisotopic (exact) mass is 386 g/mol. The number of methoxy groups -OCH3 is 1. The van der Waals surface area contributed by atoms with Gasteiger partial charge in [-0.1, -0.05) is 23.7 Å². The Bertz CT molecular complexity index is 1050. The highest BCUT2D eigenvalue weighted by Gasteiger charge is 2.25. The summed E-state index contributed by atoms with van der Waals surface area (Å²) < 4.78 is 10.8. The van der Waals surface area contributed by atoms with E-state index in [9.17, 15) is 14.8 Å². The Morgan fingerprint density at radius 1 is 1.22 bits per heavy atom. The van der Waals surface area contributed by atoms with Crippen molar-refractivity contribution in [1.82, 2.24) is 4.98 Å². The van der Waals surface area contributed by atoms with E-state index >= 15 is 0 Å². The van der Waals surface area contributed by atoms with Crippen molar-refractivity contribution in [2.45, 2.75) is 13.5 Å². The zero-order chi connectivity index (χ0) is 19.6. The van der Waals surface area contributed by atoms with Crippen molar-refractivity contribution < 1.29 is 23.8 Å². The highest BCUT2D eigenvalue weighted by Crippen LogP contribution is 2.20. The van der Waals surface area contributed by atoms with Crippen LogP contribution in [0.2, 0.25) is 5.02 Å². The molecule has 0 atom stereocenters. The molecule has 8 heteroatoms. The molecule has 0 aliphatic heterocycles. The van der Waals surface area contributed by atoms with Crippen molar-refractivity contribution in [3.8, 4) is 5.75 Å². The summed E-state index contributed by atoms with van der Waals surface area (Å²) in [6.45, 7) is 0.903. The van der Waals surface area contributed by atoms with Gasteiger partial charge in [-0.25, -0.2) is 9.78 Å². The van der Waals surface area contributed by atoms with E-state index in [4.69, 9.17) is 21.1 Å². The molecule has 0 amide bonds. The second-order valence-corrected chi connectivity index (χ2v) is 6.08. The number of ether oxygens (including phenoxy) is 2. The maximum atomic E-state index is 12.7. The zero-order valence-corrected chi connectivity index (χ0v) is 15.3. The van der Waals surface area contributed by atoms with Crippen LogP contribution in [0.5, 0.6) is 5.75 Å². The Hall–Kier alpha value is -3.19. The first kappa shape index (κ1) is 18.6. The quantitative estimate of drug-likeness (QED) is 0.289. The third-order valence-electron chi connectivity index (χ3n) is 3.90. The fourth-order valence-corrected chi connectivity index (χ4v) is 2.82. The zero-order valence-electron chi connectivity index (χ0n) is 14.6. The van der Waals surface area contributed by atoms with E-state index in [0.717, 1.165) is 0 Å². The van der Waals surface area contributed by atoms with E-state index in [0.29, 0.717) is 16.0 Å². The molecule has 0 saturated carbocycles. The highest BCUT2D eigenvalue weighted by atomic mass is 35.5. The molecule has 0 saturated heterocycles. The van der Waals surface area contributed by atoms with Crippen LogP contribution >= 0.6 is 11.6 Å². The van der Waals surface area contributed by atoms with E-state index in [1.54, 1.807) is 30.3 Å². The second-order valence-electron chi connectivity index (χ2n) is 5.67. The van der Waals surface area contributed by atoms with Gasteiger partial charge in [0.2, 0.25) is 11.3 Å². The number of carbonyl (C=O) groups excluding carboxylic acids is 2. The maximum absolute atomic E-state index is 12.7. The fraction of sp³-hybridized carbons (Fsp3) is 0.158. The van der Waals surface area contributed by atoms with E-state index < -0.39 is 11.8 Å². The van der Waals surface area contributed by atoms with Gasteiger partial charge in [-0.3, -0.25) is 4.79 Å². The first-order chi connectivity index (χ1) is 12.9. The topological polar surface area (TPSA) is 92.4 Å². The fourth-order valence-electron chi connectivity index (χ4n) is 2.61. The molecule has 3 aromatic rings. The normalized spacial score (nSPS) is 10.6. The molecule has 0 unspecified atom stereocenters. The first-order valence-electron chi connectivity index (χ1n) is 7.95. The van der Waals surface area contributed by atoms with Crippen molar-refractivity contribution in [1.29, 1.82) is 0 Å². The molecule has 0 spiro atoms. The SMILES string of the molecule is COc1ccc2nc(COC(=O)c3ccccc3Cl)c(C(C)=O)[n+]([O-])c2c1. The van der Waals surface area contributed by atoms with Crippen LogP contribution in [0.15, 0.2) is 42.5 Å². The summed E-state index contributed by atoms with van der Waals surface area (Å²) >= 11 is 5.98. The number of hydrogen-bond donors (Lipinski definition) is 0. The molecule has 0 radical (unpaired) electrons. The van der Waals surface area contributed by atoms with Crippen LogP contribution in [0.1, 0.15) is 33.5 Å². The lowest BCUT2D eigenvalue weighted by Gasteiger charge is -2.11. The number of aromatic nitrogens is 2. The van der Waals surface area contributed by atoms with Crippen molar-refractivity contribution in [3.63, 3.8) is 0 Å². The number of nitrogens with zero attached hydrogens (tertiary/aromatic N) is 2. The van der Waals surface area contributed by atoms with Gasteiger partial charge in [0.15, 0.2) is 5.69 Å². The number of carbonyl (C=O) groups is 2. The summed E-state index contributed by atoms with van der Waals surface area (Å²) in [6.07, 6.45) is 0. The molecule has 0 fully saturated rings. The van der Waals surface area contributed by atoms with Crippen LogP contribution in [0.3, 0.4) is 0 Å². The number of esters is 1. The third-order valence-corrected chi connectivity index (χ3v) is 4.23. The molecular formula is C19H15ClN2O5. The number of fused-ring (bicyclic) bond motifs is 1. The molecule has 2 aromatic carbocycles. The third kappa shape index (κ3) is 3.68. The average Bonchev–Trinajstić information content (AvgIpc) is 2.66. The summed E-state index contributed by atoms with van der Waals surface area (Å²) in [5.74, 6) is -0.712. The average molecular weight is 387 g/mol. The van der Waals surface area contributed by atoms with Gasteiger partial charge in [-0.2, -0.15) is 4.73 Å². The summed E-state index contributed by atoms with van der Waals surface area (Å²) in [6, 6.07) is 11.1. The van der Waals surface area contributed by atoms with Crippen molar-refractivity contribution >= 4 is 34.4 Å². The Labute approximate surface area is 159 Å². The molecule has 7 nitrogen and oxygen atoms in total. The summed E-state index contributed by atoms with van der Waals surface area (Å²) in [7, 11) is 1.47. The number of ketones is 1. The molecule has 27 heavy (non-hydrogen) atoms. The van der Waals surface area contributed by atoms with Crippen molar-refractivity contribution in [3.05, 3.63) is 69.6 Å². The molecule has 0 bridgehead atoms. The van der Waals surface area contributed by atoms with Gasteiger partial charge in [-0.05, 0) is 24.3 Å². The smallest absolute Gasteiger partial charge is 0.340 e. The van der Waals surface area contributed by atoms with E-state index in [-0.39, 0.29) is 34.1 Å². The minimum absolute atomic E-state index is 0.0653. The number of benzene rings is 2. The van der Waals surface area contributed by atoms with Crippen molar-refractivity contribution in [2.75, 3.05) is 7.11 Å². The first-order valence-corrected chi connectivity index (χ1v) is 8.33. The van der Waals surface area contributed by atoms with Crippen LogP contribution in [0, 0.1) is 5.21 Å². The second kappa shape index (κ2) is 7.59. The van der Waals surface area contributed by atoms with Crippen LogP contribution in [0.25, 0.3) is 11.0 Å². The van der Waals surface area contributed by atoms with Gasteiger partial charge in [0.25, 0.3) is 5.69 Å². The number of rotatable bonds is 5. The lowest BCUT2D eigenvalue weighted by atomic mass is 10.2. The van der Waals surface area contributed by atoms with Crippen molar-refractivity contribution in [2.24, 2.45) is 0 Å². The van der Waals surface area contributed by atoms with Gasteiger partial charge in [-0.15, -0.1) is 0 Å². The van der Waals surface area contributed by atoms with Gasteiger partial charge in [0, 0.05) is 6.92 Å². The molecule has 1 aromatic heterocycles. The number of hydrogen-bond acceptors (Lipinski definition) is 6. The Kier molecular flexibility index (Phi) is 5.23. The van der Waals surface area contributed by atoms with E-state index in [2.05, 4.69) is 4.98 Å². The lowest BCUT2D eigenvalue weighted by molar-refractivity contribution is -0.580. The minimum atomic E-state index is -0.677. The van der Waals surface area contributed by atoms with Gasteiger partial charge in [0.05, 0.1) is 23.8 Å². The predicted octanol–water partition coefficient (Wildman–Crippen LogP) is 3.09. The Morgan fingerprint density at radius 2 is 1.96 bits per heavy atom. The van der Waals surface area contributed by atoms with Crippen LogP contribution in [-0.2, 0) is 11.3 Å². The van der Waals surface area contributed by atoms with E-state index in [1.807, 2.05) is 0 Å². The summed E-state index contributed by atoms with van der Waals surface area (Å²) in [5.41, 5.74) is 0.586. The molecule has 0 N–H and O–H groups in total. The molecule has 3 rings (SSSR count). The highest BCUT2D eigenvalue weighted by molar-refractivity contribution is 6.33. The largest absolute Gasteiger partial charge is 0.618 e. The molecule has 0 aliphatic rings.